The van der Waals surface area contributed by atoms with Gasteiger partial charge in [-0.3, -0.25) is 9.69 Å². The first-order chi connectivity index (χ1) is 11.0. The highest BCUT2D eigenvalue weighted by Gasteiger charge is 2.46. The zero-order chi connectivity index (χ0) is 16.4. The number of nitrogens with zero attached hydrogens (tertiary/aromatic N) is 3. The summed E-state index contributed by atoms with van der Waals surface area (Å²) >= 11 is 0. The van der Waals surface area contributed by atoms with E-state index in [0.717, 1.165) is 24.8 Å². The number of benzene rings is 1. The maximum atomic E-state index is 12.6. The lowest BCUT2D eigenvalue weighted by Gasteiger charge is -2.45. The Hall–Kier alpha value is -2.21. The number of likely N-dealkylation sites (N-methyl/N-ethyl adjacent to an activating group) is 1. The molecule has 1 aromatic heterocycles. The van der Waals surface area contributed by atoms with E-state index in [1.165, 1.54) is 0 Å². The van der Waals surface area contributed by atoms with Crippen molar-refractivity contribution in [2.24, 2.45) is 0 Å². The molecule has 1 heterocycles. The van der Waals surface area contributed by atoms with Gasteiger partial charge in [-0.1, -0.05) is 23.4 Å². The number of rotatable bonds is 5. The van der Waals surface area contributed by atoms with Crippen LogP contribution in [-0.4, -0.2) is 40.6 Å². The standard InChI is InChI=1S/C17H22N4O2/c1-12(18-16(22)17(21(2)3)10-7-11-17)14-19-15(23-20-14)13-8-5-4-6-9-13/h4-6,8-9,12H,7,10-11H2,1-3H3,(H,18,22)/t12-/m0/s1. The Labute approximate surface area is 135 Å². The van der Waals surface area contributed by atoms with Crippen molar-refractivity contribution in [2.45, 2.75) is 37.8 Å². The van der Waals surface area contributed by atoms with E-state index in [9.17, 15) is 4.79 Å². The molecule has 6 heteroatoms. The molecular formula is C17H22N4O2. The molecule has 2 aromatic rings. The third-order valence-corrected chi connectivity index (χ3v) is 4.66. The molecule has 1 saturated carbocycles. The number of carbonyl (C=O) groups is 1. The van der Waals surface area contributed by atoms with Gasteiger partial charge in [-0.25, -0.2) is 0 Å². The second-order valence-corrected chi connectivity index (χ2v) is 6.30. The molecule has 3 rings (SSSR count). The van der Waals surface area contributed by atoms with Crippen LogP contribution in [0.3, 0.4) is 0 Å². The lowest BCUT2D eigenvalue weighted by molar-refractivity contribution is -0.138. The molecule has 0 aliphatic heterocycles. The highest BCUT2D eigenvalue weighted by atomic mass is 16.5. The summed E-state index contributed by atoms with van der Waals surface area (Å²) in [5.41, 5.74) is 0.480. The van der Waals surface area contributed by atoms with Crippen LogP contribution in [0.5, 0.6) is 0 Å². The topological polar surface area (TPSA) is 71.3 Å². The minimum atomic E-state index is -0.389. The molecule has 1 atom stereocenters. The fourth-order valence-corrected chi connectivity index (χ4v) is 2.89. The zero-order valence-electron chi connectivity index (χ0n) is 13.7. The van der Waals surface area contributed by atoms with Crippen LogP contribution in [-0.2, 0) is 4.79 Å². The monoisotopic (exact) mass is 314 g/mol. The second kappa shape index (κ2) is 6.12. The van der Waals surface area contributed by atoms with Gasteiger partial charge in [0.05, 0.1) is 11.6 Å². The molecule has 1 aliphatic rings. The van der Waals surface area contributed by atoms with Crippen molar-refractivity contribution < 1.29 is 9.32 Å². The third-order valence-electron chi connectivity index (χ3n) is 4.66. The molecule has 0 bridgehead atoms. The highest BCUT2D eigenvalue weighted by Crippen LogP contribution is 2.36. The molecule has 1 amide bonds. The first kappa shape index (κ1) is 15.7. The van der Waals surface area contributed by atoms with Crippen LogP contribution >= 0.6 is 0 Å². The molecule has 6 nitrogen and oxygen atoms in total. The van der Waals surface area contributed by atoms with Gasteiger partial charge >= 0.3 is 0 Å². The van der Waals surface area contributed by atoms with E-state index in [1.807, 2.05) is 56.3 Å². The van der Waals surface area contributed by atoms with E-state index in [2.05, 4.69) is 15.5 Å². The minimum absolute atomic E-state index is 0.0345. The van der Waals surface area contributed by atoms with Crippen molar-refractivity contribution in [2.75, 3.05) is 14.1 Å². The van der Waals surface area contributed by atoms with Gasteiger partial charge in [0, 0.05) is 5.56 Å². The van der Waals surface area contributed by atoms with Crippen LogP contribution in [0.1, 0.15) is 38.1 Å². The molecule has 122 valence electrons. The van der Waals surface area contributed by atoms with Crippen LogP contribution in [0.15, 0.2) is 34.9 Å². The fourth-order valence-electron chi connectivity index (χ4n) is 2.89. The van der Waals surface area contributed by atoms with Gasteiger partial charge in [-0.2, -0.15) is 4.98 Å². The maximum absolute atomic E-state index is 12.6. The van der Waals surface area contributed by atoms with Crippen LogP contribution in [0.4, 0.5) is 0 Å². The van der Waals surface area contributed by atoms with Gasteiger partial charge in [0.15, 0.2) is 5.82 Å². The number of hydrogen-bond donors (Lipinski definition) is 1. The van der Waals surface area contributed by atoms with Gasteiger partial charge in [-0.05, 0) is 52.4 Å². The number of hydrogen-bond acceptors (Lipinski definition) is 5. The summed E-state index contributed by atoms with van der Waals surface area (Å²) in [6.07, 6.45) is 2.86. The first-order valence-electron chi connectivity index (χ1n) is 7.90. The Balaban J connectivity index is 1.71. The normalized spacial score (nSPS) is 17.6. The second-order valence-electron chi connectivity index (χ2n) is 6.30. The number of aromatic nitrogens is 2. The molecule has 1 N–H and O–H groups in total. The Morgan fingerprint density at radius 3 is 2.57 bits per heavy atom. The van der Waals surface area contributed by atoms with Crippen molar-refractivity contribution in [1.82, 2.24) is 20.4 Å². The number of carbonyl (C=O) groups excluding carboxylic acids is 1. The molecule has 0 spiro atoms. The van der Waals surface area contributed by atoms with Gasteiger partial charge in [0.1, 0.15) is 0 Å². The first-order valence-corrected chi connectivity index (χ1v) is 7.90. The Morgan fingerprint density at radius 1 is 1.30 bits per heavy atom. The van der Waals surface area contributed by atoms with E-state index in [-0.39, 0.29) is 17.5 Å². The summed E-state index contributed by atoms with van der Waals surface area (Å²) < 4.78 is 5.30. The lowest BCUT2D eigenvalue weighted by Crippen LogP contribution is -2.60. The van der Waals surface area contributed by atoms with E-state index in [4.69, 9.17) is 4.52 Å². The SMILES string of the molecule is C[C@H](NC(=O)C1(N(C)C)CCC1)c1noc(-c2ccccc2)n1. The summed E-state index contributed by atoms with van der Waals surface area (Å²) in [7, 11) is 3.90. The zero-order valence-corrected chi connectivity index (χ0v) is 13.7. The van der Waals surface area contributed by atoms with Gasteiger partial charge in [-0.15, -0.1) is 0 Å². The molecule has 1 fully saturated rings. The molecular weight excluding hydrogens is 292 g/mol. The predicted octanol–water partition coefficient (Wildman–Crippen LogP) is 2.40. The lowest BCUT2D eigenvalue weighted by atomic mass is 9.75. The summed E-state index contributed by atoms with van der Waals surface area (Å²) in [5.74, 6) is 0.991. The van der Waals surface area contributed by atoms with Crippen LogP contribution in [0.25, 0.3) is 11.5 Å². The van der Waals surface area contributed by atoms with E-state index in [1.54, 1.807) is 0 Å². The van der Waals surface area contributed by atoms with E-state index in [0.29, 0.717) is 11.7 Å². The summed E-state index contributed by atoms with van der Waals surface area (Å²) in [6, 6.07) is 9.31. The molecule has 23 heavy (non-hydrogen) atoms. The molecule has 0 radical (unpaired) electrons. The van der Waals surface area contributed by atoms with Crippen molar-refractivity contribution in [3.8, 4) is 11.5 Å². The number of nitrogens with one attached hydrogen (secondary N) is 1. The molecule has 1 aliphatic carbocycles. The summed E-state index contributed by atoms with van der Waals surface area (Å²) in [4.78, 5) is 19.0. The summed E-state index contributed by atoms with van der Waals surface area (Å²) in [5, 5.41) is 7.02. The fraction of sp³-hybridized carbons (Fsp3) is 0.471. The van der Waals surface area contributed by atoms with Crippen LogP contribution < -0.4 is 5.32 Å². The van der Waals surface area contributed by atoms with Gasteiger partial charge in [0.2, 0.25) is 5.91 Å². The Morgan fingerprint density at radius 2 is 2.00 bits per heavy atom. The molecule has 1 aromatic carbocycles. The van der Waals surface area contributed by atoms with E-state index < -0.39 is 0 Å². The molecule has 0 saturated heterocycles. The average Bonchev–Trinajstić information content (AvgIpc) is 2.96. The van der Waals surface area contributed by atoms with Crippen molar-refractivity contribution in [3.05, 3.63) is 36.2 Å². The average molecular weight is 314 g/mol. The van der Waals surface area contributed by atoms with Crippen molar-refractivity contribution >= 4 is 5.91 Å². The predicted molar refractivity (Wildman–Crippen MR) is 86.6 cm³/mol. The summed E-state index contributed by atoms with van der Waals surface area (Å²) in [6.45, 7) is 1.87. The molecule has 0 unspecified atom stereocenters. The minimum Gasteiger partial charge on any atom is -0.345 e. The van der Waals surface area contributed by atoms with Gasteiger partial charge in [0.25, 0.3) is 5.89 Å². The van der Waals surface area contributed by atoms with Crippen molar-refractivity contribution in [3.63, 3.8) is 0 Å². The Kier molecular flexibility index (Phi) is 4.17. The van der Waals surface area contributed by atoms with Crippen molar-refractivity contribution in [1.29, 1.82) is 0 Å². The number of amides is 1. The maximum Gasteiger partial charge on any atom is 0.257 e. The largest absolute Gasteiger partial charge is 0.345 e. The Bertz CT molecular complexity index is 677. The third kappa shape index (κ3) is 2.86. The van der Waals surface area contributed by atoms with E-state index >= 15 is 0 Å². The van der Waals surface area contributed by atoms with Gasteiger partial charge < -0.3 is 9.84 Å². The smallest absolute Gasteiger partial charge is 0.257 e. The van der Waals surface area contributed by atoms with Crippen LogP contribution in [0, 0.1) is 0 Å². The quantitative estimate of drug-likeness (QED) is 0.917. The highest BCUT2D eigenvalue weighted by molar-refractivity contribution is 5.87. The van der Waals surface area contributed by atoms with Crippen LogP contribution in [0.2, 0.25) is 0 Å².